The van der Waals surface area contributed by atoms with Crippen LogP contribution in [0.25, 0.3) is 0 Å². The van der Waals surface area contributed by atoms with Crippen molar-refractivity contribution in [3.8, 4) is 0 Å². The van der Waals surface area contributed by atoms with Crippen LogP contribution < -0.4 is 0 Å². The summed E-state index contributed by atoms with van der Waals surface area (Å²) >= 11 is 5.90. The minimum atomic E-state index is -0.638. The Morgan fingerprint density at radius 2 is 1.95 bits per heavy atom. The third kappa shape index (κ3) is 5.01. The lowest BCUT2D eigenvalue weighted by Gasteiger charge is -2.33. The van der Waals surface area contributed by atoms with Crippen molar-refractivity contribution in [2.75, 3.05) is 13.1 Å². The van der Waals surface area contributed by atoms with Crippen molar-refractivity contribution >= 4 is 17.6 Å². The van der Waals surface area contributed by atoms with Crippen LogP contribution >= 0.6 is 11.6 Å². The number of piperidine rings is 1. The molecule has 1 saturated heterocycles. The summed E-state index contributed by atoms with van der Waals surface area (Å²) in [6.07, 6.45) is 3.79. The molecule has 4 heteroatoms. The van der Waals surface area contributed by atoms with Crippen LogP contribution in [-0.2, 0) is 11.3 Å². The van der Waals surface area contributed by atoms with Crippen LogP contribution in [0, 0.1) is 11.8 Å². The lowest BCUT2D eigenvalue weighted by atomic mass is 9.86. The summed E-state index contributed by atoms with van der Waals surface area (Å²) in [4.78, 5) is 13.6. The summed E-state index contributed by atoms with van der Waals surface area (Å²) in [5.74, 6) is -0.244. The van der Waals surface area contributed by atoms with E-state index >= 15 is 0 Å². The van der Waals surface area contributed by atoms with Gasteiger partial charge in [0.05, 0.1) is 5.92 Å². The highest BCUT2D eigenvalue weighted by Gasteiger charge is 2.24. The van der Waals surface area contributed by atoms with E-state index in [4.69, 9.17) is 16.7 Å². The molecule has 1 N–H and O–H groups in total. The number of benzene rings is 1. The van der Waals surface area contributed by atoms with Gasteiger partial charge in [0.2, 0.25) is 0 Å². The lowest BCUT2D eigenvalue weighted by molar-refractivity contribution is -0.142. The number of rotatable bonds is 6. The molecule has 1 unspecified atom stereocenters. The second-order valence-electron chi connectivity index (χ2n) is 6.03. The van der Waals surface area contributed by atoms with Gasteiger partial charge >= 0.3 is 5.97 Å². The van der Waals surface area contributed by atoms with Crippen LogP contribution in [0.3, 0.4) is 0 Å². The number of carboxylic acid groups (broad SMARTS) is 1. The van der Waals surface area contributed by atoms with Gasteiger partial charge in [0.1, 0.15) is 0 Å². The molecule has 21 heavy (non-hydrogen) atoms. The first-order valence-corrected chi connectivity index (χ1v) is 8.16. The molecule has 0 bridgehead atoms. The lowest BCUT2D eigenvalue weighted by Crippen LogP contribution is -2.34. The second-order valence-corrected chi connectivity index (χ2v) is 6.46. The zero-order valence-electron chi connectivity index (χ0n) is 12.6. The summed E-state index contributed by atoms with van der Waals surface area (Å²) in [6.45, 7) is 5.04. The van der Waals surface area contributed by atoms with Gasteiger partial charge in [-0.2, -0.15) is 0 Å². The van der Waals surface area contributed by atoms with E-state index in [0.717, 1.165) is 50.3 Å². The van der Waals surface area contributed by atoms with Gasteiger partial charge in [-0.25, -0.2) is 0 Å². The average molecular weight is 310 g/mol. The van der Waals surface area contributed by atoms with Gasteiger partial charge in [-0.05, 0) is 62.4 Å². The molecule has 1 aromatic carbocycles. The van der Waals surface area contributed by atoms with Gasteiger partial charge in [-0.15, -0.1) is 0 Å². The van der Waals surface area contributed by atoms with Crippen molar-refractivity contribution in [1.82, 2.24) is 4.90 Å². The van der Waals surface area contributed by atoms with Gasteiger partial charge in [0, 0.05) is 11.6 Å². The first kappa shape index (κ1) is 16.3. The summed E-state index contributed by atoms with van der Waals surface area (Å²) in [6, 6.07) is 8.02. The molecule has 2 rings (SSSR count). The minimum Gasteiger partial charge on any atom is -0.481 e. The summed E-state index contributed by atoms with van der Waals surface area (Å²) in [5, 5.41) is 9.93. The fourth-order valence-electron chi connectivity index (χ4n) is 3.07. The van der Waals surface area contributed by atoms with Crippen LogP contribution in [-0.4, -0.2) is 29.1 Å². The van der Waals surface area contributed by atoms with Crippen LogP contribution in [0.2, 0.25) is 5.02 Å². The van der Waals surface area contributed by atoms with E-state index in [9.17, 15) is 4.79 Å². The van der Waals surface area contributed by atoms with Crippen molar-refractivity contribution < 1.29 is 9.90 Å². The van der Waals surface area contributed by atoms with Crippen LogP contribution in [0.15, 0.2) is 24.3 Å². The highest BCUT2D eigenvalue weighted by Crippen LogP contribution is 2.26. The van der Waals surface area contributed by atoms with Gasteiger partial charge in [0.25, 0.3) is 0 Å². The summed E-state index contributed by atoms with van der Waals surface area (Å²) in [5.41, 5.74) is 1.29. The summed E-state index contributed by atoms with van der Waals surface area (Å²) in [7, 11) is 0. The number of likely N-dealkylation sites (tertiary alicyclic amines) is 1. The first-order chi connectivity index (χ1) is 10.1. The van der Waals surface area contributed by atoms with E-state index in [0.29, 0.717) is 5.92 Å². The molecular formula is C17H24ClNO2. The van der Waals surface area contributed by atoms with Crippen LogP contribution in [0.5, 0.6) is 0 Å². The average Bonchev–Trinajstić information content (AvgIpc) is 2.48. The number of carboxylic acids is 1. The van der Waals surface area contributed by atoms with E-state index in [-0.39, 0.29) is 5.92 Å². The molecule has 1 heterocycles. The Balaban J connectivity index is 1.77. The van der Waals surface area contributed by atoms with E-state index in [1.54, 1.807) is 0 Å². The van der Waals surface area contributed by atoms with E-state index in [1.165, 1.54) is 5.56 Å². The molecule has 1 aliphatic heterocycles. The molecule has 3 nitrogen and oxygen atoms in total. The molecular weight excluding hydrogens is 286 g/mol. The maximum Gasteiger partial charge on any atom is 0.306 e. The number of carbonyl (C=O) groups is 1. The molecule has 0 aliphatic carbocycles. The monoisotopic (exact) mass is 309 g/mol. The number of halogens is 1. The smallest absolute Gasteiger partial charge is 0.306 e. The Morgan fingerprint density at radius 3 is 2.48 bits per heavy atom. The Kier molecular flexibility index (Phi) is 6.07. The third-order valence-corrected chi connectivity index (χ3v) is 4.74. The standard InChI is InChI=1S/C17H24ClNO2/c1-2-15(17(20)21)11-13-7-9-19(10-8-13)12-14-3-5-16(18)6-4-14/h3-6,13,15H,2,7-12H2,1H3,(H,20,21). The molecule has 0 radical (unpaired) electrons. The molecule has 1 aliphatic rings. The first-order valence-electron chi connectivity index (χ1n) is 7.78. The number of hydrogen-bond acceptors (Lipinski definition) is 2. The predicted molar refractivity (Wildman–Crippen MR) is 85.5 cm³/mol. The Labute approximate surface area is 131 Å². The zero-order valence-corrected chi connectivity index (χ0v) is 13.4. The van der Waals surface area contributed by atoms with E-state index in [1.807, 2.05) is 19.1 Å². The van der Waals surface area contributed by atoms with E-state index in [2.05, 4.69) is 17.0 Å². The third-order valence-electron chi connectivity index (χ3n) is 4.49. The van der Waals surface area contributed by atoms with Crippen molar-refractivity contribution in [3.05, 3.63) is 34.9 Å². The number of aliphatic carboxylic acids is 1. The fourth-order valence-corrected chi connectivity index (χ4v) is 3.20. The van der Waals surface area contributed by atoms with Gasteiger partial charge in [-0.1, -0.05) is 30.7 Å². The van der Waals surface area contributed by atoms with Crippen LogP contribution in [0.1, 0.15) is 38.2 Å². The normalized spacial score (nSPS) is 18.6. The SMILES string of the molecule is CCC(CC1CCN(Cc2ccc(Cl)cc2)CC1)C(=O)O. The molecule has 0 saturated carbocycles. The minimum absolute atomic E-state index is 0.169. The maximum absolute atomic E-state index is 11.1. The van der Waals surface area contributed by atoms with Crippen molar-refractivity contribution in [1.29, 1.82) is 0 Å². The maximum atomic E-state index is 11.1. The molecule has 1 fully saturated rings. The van der Waals surface area contributed by atoms with Gasteiger partial charge in [-0.3, -0.25) is 9.69 Å². The largest absolute Gasteiger partial charge is 0.481 e. The molecule has 1 atom stereocenters. The predicted octanol–water partition coefficient (Wildman–Crippen LogP) is 4.05. The number of nitrogens with zero attached hydrogens (tertiary/aromatic N) is 1. The van der Waals surface area contributed by atoms with Gasteiger partial charge in [0.15, 0.2) is 0 Å². The quantitative estimate of drug-likeness (QED) is 0.861. The van der Waals surface area contributed by atoms with Crippen molar-refractivity contribution in [3.63, 3.8) is 0 Å². The molecule has 0 aromatic heterocycles. The highest BCUT2D eigenvalue weighted by molar-refractivity contribution is 6.30. The molecule has 116 valence electrons. The Morgan fingerprint density at radius 1 is 1.33 bits per heavy atom. The van der Waals surface area contributed by atoms with Crippen LogP contribution in [0.4, 0.5) is 0 Å². The van der Waals surface area contributed by atoms with Crippen molar-refractivity contribution in [2.24, 2.45) is 11.8 Å². The molecule has 0 spiro atoms. The van der Waals surface area contributed by atoms with Gasteiger partial charge < -0.3 is 5.11 Å². The summed E-state index contributed by atoms with van der Waals surface area (Å²) < 4.78 is 0. The topological polar surface area (TPSA) is 40.5 Å². The molecule has 0 amide bonds. The van der Waals surface area contributed by atoms with E-state index < -0.39 is 5.97 Å². The zero-order chi connectivity index (χ0) is 15.2. The Bertz CT molecular complexity index is 452. The Hall–Kier alpha value is -1.06. The van der Waals surface area contributed by atoms with Crippen molar-refractivity contribution in [2.45, 2.75) is 39.2 Å². The fraction of sp³-hybridized carbons (Fsp3) is 0.588. The number of hydrogen-bond donors (Lipinski definition) is 1. The molecule has 1 aromatic rings. The second kappa shape index (κ2) is 7.81. The highest BCUT2D eigenvalue weighted by atomic mass is 35.5.